The van der Waals surface area contributed by atoms with E-state index in [9.17, 15) is 8.78 Å². The zero-order valence-corrected chi connectivity index (χ0v) is 6.90. The Morgan fingerprint density at radius 2 is 1.82 bits per heavy atom. The van der Waals surface area contributed by atoms with Gasteiger partial charge in [0.25, 0.3) is 5.92 Å². The molecule has 0 aromatic carbocycles. The highest BCUT2D eigenvalue weighted by atomic mass is 19.3. The second kappa shape index (κ2) is 5.43. The minimum atomic E-state index is -2.70. The maximum atomic E-state index is 12.6. The van der Waals surface area contributed by atoms with Gasteiger partial charge in [0, 0.05) is 27.2 Å². The Hall–Kier alpha value is -0.220. The molecule has 0 unspecified atom stereocenters. The monoisotopic (exact) mass is 168 g/mol. The summed E-state index contributed by atoms with van der Waals surface area (Å²) < 4.78 is 34.1. The Balaban J connectivity index is 3.38. The van der Waals surface area contributed by atoms with Crippen LogP contribution in [0.1, 0.15) is 12.8 Å². The van der Waals surface area contributed by atoms with Crippen molar-refractivity contribution in [2.75, 3.05) is 27.4 Å². The van der Waals surface area contributed by atoms with Crippen LogP contribution in [0.25, 0.3) is 0 Å². The van der Waals surface area contributed by atoms with Crippen molar-refractivity contribution in [2.24, 2.45) is 0 Å². The normalized spacial score (nSPS) is 12.0. The summed E-state index contributed by atoms with van der Waals surface area (Å²) in [6.07, 6.45) is 0.196. The Bertz CT molecular complexity index is 96.4. The van der Waals surface area contributed by atoms with Crippen LogP contribution in [0.5, 0.6) is 0 Å². The van der Waals surface area contributed by atoms with Crippen LogP contribution in [0.4, 0.5) is 8.78 Å². The molecule has 0 aliphatic rings. The van der Waals surface area contributed by atoms with Gasteiger partial charge in [-0.25, -0.2) is 8.78 Å². The summed E-state index contributed by atoms with van der Waals surface area (Å²) in [6, 6.07) is 0. The molecule has 0 spiro atoms. The van der Waals surface area contributed by atoms with Gasteiger partial charge in [-0.1, -0.05) is 0 Å². The number of rotatable bonds is 6. The summed E-state index contributed by atoms with van der Waals surface area (Å²) in [5.74, 6) is -2.70. The van der Waals surface area contributed by atoms with E-state index in [0.29, 0.717) is 13.0 Å². The van der Waals surface area contributed by atoms with Gasteiger partial charge in [0.05, 0.1) is 0 Å². The van der Waals surface area contributed by atoms with Crippen molar-refractivity contribution in [3.8, 4) is 0 Å². The molecule has 0 aromatic rings. The van der Waals surface area contributed by atoms with Crippen molar-refractivity contribution in [1.29, 1.82) is 0 Å². The lowest BCUT2D eigenvalue weighted by Gasteiger charge is -2.14. The van der Waals surface area contributed by atoms with Gasteiger partial charge >= 0.3 is 0 Å². The second-order valence-corrected chi connectivity index (χ2v) is 2.39. The molecular weight excluding hydrogens is 154 g/mol. The van der Waals surface area contributed by atoms with E-state index >= 15 is 0 Å². The molecule has 0 saturated carbocycles. The molecule has 4 heteroatoms. The molecule has 0 saturated heterocycles. The lowest BCUT2D eigenvalue weighted by Crippen LogP contribution is -2.23. The van der Waals surface area contributed by atoms with Crippen LogP contribution < -0.4 is 0 Å². The van der Waals surface area contributed by atoms with Gasteiger partial charge in [-0.15, -0.1) is 0 Å². The first-order valence-electron chi connectivity index (χ1n) is 3.48. The molecule has 0 aliphatic heterocycles. The van der Waals surface area contributed by atoms with Crippen LogP contribution in [-0.4, -0.2) is 33.4 Å². The van der Waals surface area contributed by atoms with E-state index in [4.69, 9.17) is 0 Å². The van der Waals surface area contributed by atoms with Gasteiger partial charge in [0.2, 0.25) is 0 Å². The van der Waals surface area contributed by atoms with Crippen molar-refractivity contribution < 1.29 is 18.3 Å². The summed E-state index contributed by atoms with van der Waals surface area (Å²) >= 11 is 0. The van der Waals surface area contributed by atoms with Crippen molar-refractivity contribution >= 4 is 0 Å². The molecule has 0 radical (unpaired) electrons. The largest absolute Gasteiger partial charge is 0.385 e. The van der Waals surface area contributed by atoms with Gasteiger partial charge < -0.3 is 9.47 Å². The molecule has 0 N–H and O–H groups in total. The van der Waals surface area contributed by atoms with E-state index in [1.807, 2.05) is 0 Å². The highest BCUT2D eigenvalue weighted by Gasteiger charge is 2.27. The molecule has 11 heavy (non-hydrogen) atoms. The first-order chi connectivity index (χ1) is 5.12. The minimum absolute atomic E-state index is 0.172. The molecule has 0 aromatic heterocycles. The maximum Gasteiger partial charge on any atom is 0.271 e. The second-order valence-electron chi connectivity index (χ2n) is 2.39. The standard InChI is InChI=1S/C7H14F2O2/c1-10-5-3-4-7(8,9)6-11-2/h3-6H2,1-2H3. The Labute approximate surface area is 65.5 Å². The molecule has 0 fully saturated rings. The summed E-state index contributed by atoms with van der Waals surface area (Å²) in [5.41, 5.74) is 0. The van der Waals surface area contributed by atoms with Gasteiger partial charge in [0.1, 0.15) is 6.61 Å². The van der Waals surface area contributed by atoms with Crippen LogP contribution >= 0.6 is 0 Å². The van der Waals surface area contributed by atoms with Crippen molar-refractivity contribution in [3.05, 3.63) is 0 Å². The summed E-state index contributed by atoms with van der Waals surface area (Å²) in [6.45, 7) is -0.129. The number of methoxy groups -OCH3 is 2. The van der Waals surface area contributed by atoms with E-state index in [2.05, 4.69) is 9.47 Å². The molecule has 0 heterocycles. The molecular formula is C7H14F2O2. The van der Waals surface area contributed by atoms with Crippen LogP contribution in [0.15, 0.2) is 0 Å². The predicted molar refractivity (Wildman–Crippen MR) is 37.9 cm³/mol. The zero-order valence-electron chi connectivity index (χ0n) is 6.90. The fourth-order valence-electron chi connectivity index (χ4n) is 0.758. The fraction of sp³-hybridized carbons (Fsp3) is 1.00. The van der Waals surface area contributed by atoms with E-state index in [1.165, 1.54) is 14.2 Å². The van der Waals surface area contributed by atoms with Gasteiger partial charge in [0.15, 0.2) is 0 Å². The van der Waals surface area contributed by atoms with E-state index in [-0.39, 0.29) is 6.42 Å². The Kier molecular flexibility index (Phi) is 5.32. The average molecular weight is 168 g/mol. The molecule has 68 valence electrons. The molecule has 0 bridgehead atoms. The van der Waals surface area contributed by atoms with E-state index < -0.39 is 12.5 Å². The first kappa shape index (κ1) is 10.8. The Morgan fingerprint density at radius 1 is 1.18 bits per heavy atom. The van der Waals surface area contributed by atoms with Crippen LogP contribution in [0.3, 0.4) is 0 Å². The van der Waals surface area contributed by atoms with Crippen molar-refractivity contribution in [1.82, 2.24) is 0 Å². The first-order valence-corrected chi connectivity index (χ1v) is 3.48. The Morgan fingerprint density at radius 3 is 2.27 bits per heavy atom. The third kappa shape index (κ3) is 6.19. The lowest BCUT2D eigenvalue weighted by atomic mass is 10.2. The molecule has 0 aliphatic carbocycles. The third-order valence-corrected chi connectivity index (χ3v) is 1.25. The highest BCUT2D eigenvalue weighted by Crippen LogP contribution is 2.19. The highest BCUT2D eigenvalue weighted by molar-refractivity contribution is 4.64. The number of alkyl halides is 2. The van der Waals surface area contributed by atoms with Crippen LogP contribution in [0, 0.1) is 0 Å². The molecule has 2 nitrogen and oxygen atoms in total. The fourth-order valence-corrected chi connectivity index (χ4v) is 0.758. The quantitative estimate of drug-likeness (QED) is 0.562. The maximum absolute atomic E-state index is 12.6. The average Bonchev–Trinajstić information content (AvgIpc) is 1.87. The molecule has 0 rings (SSSR count). The van der Waals surface area contributed by atoms with Crippen molar-refractivity contribution in [3.63, 3.8) is 0 Å². The molecule has 0 amide bonds. The van der Waals surface area contributed by atoms with Crippen LogP contribution in [-0.2, 0) is 9.47 Å². The van der Waals surface area contributed by atoms with Crippen LogP contribution in [0.2, 0.25) is 0 Å². The zero-order chi connectivity index (χ0) is 8.74. The lowest BCUT2D eigenvalue weighted by molar-refractivity contribution is -0.0734. The number of hydrogen-bond acceptors (Lipinski definition) is 2. The predicted octanol–water partition coefficient (Wildman–Crippen LogP) is 1.69. The topological polar surface area (TPSA) is 18.5 Å². The van der Waals surface area contributed by atoms with Gasteiger partial charge in [-0.05, 0) is 6.42 Å². The number of hydrogen-bond donors (Lipinski definition) is 0. The number of ether oxygens (including phenoxy) is 2. The number of halogens is 2. The minimum Gasteiger partial charge on any atom is -0.385 e. The SMILES string of the molecule is COCCCC(F)(F)COC. The van der Waals surface area contributed by atoms with E-state index in [1.54, 1.807) is 0 Å². The molecule has 0 atom stereocenters. The van der Waals surface area contributed by atoms with Gasteiger partial charge in [-0.3, -0.25) is 0 Å². The van der Waals surface area contributed by atoms with Crippen molar-refractivity contribution in [2.45, 2.75) is 18.8 Å². The summed E-state index contributed by atoms with van der Waals surface area (Å²) in [5, 5.41) is 0. The van der Waals surface area contributed by atoms with E-state index in [0.717, 1.165) is 0 Å². The van der Waals surface area contributed by atoms with Gasteiger partial charge in [-0.2, -0.15) is 0 Å². The summed E-state index contributed by atoms with van der Waals surface area (Å²) in [7, 11) is 2.76. The summed E-state index contributed by atoms with van der Waals surface area (Å²) in [4.78, 5) is 0. The third-order valence-electron chi connectivity index (χ3n) is 1.25. The smallest absolute Gasteiger partial charge is 0.271 e.